The number of nitrogens with zero attached hydrogens (tertiary/aromatic N) is 2. The zero-order valence-corrected chi connectivity index (χ0v) is 14.9. The van der Waals surface area contributed by atoms with Gasteiger partial charge < -0.3 is 19.1 Å². The molecule has 2 amide bonds. The first-order chi connectivity index (χ1) is 13.2. The van der Waals surface area contributed by atoms with Crippen LogP contribution < -0.4 is 5.32 Å². The van der Waals surface area contributed by atoms with Crippen molar-refractivity contribution in [2.75, 3.05) is 19.6 Å². The summed E-state index contributed by atoms with van der Waals surface area (Å²) in [4.78, 5) is 30.8. The van der Waals surface area contributed by atoms with Crippen LogP contribution in [0.3, 0.4) is 0 Å². The molecule has 7 nitrogen and oxygen atoms in total. The minimum absolute atomic E-state index is 0.0237. The lowest BCUT2D eigenvalue weighted by atomic mass is 9.97. The van der Waals surface area contributed by atoms with Gasteiger partial charge in [-0.1, -0.05) is 12.1 Å². The Hall–Kier alpha value is -3.09. The highest BCUT2D eigenvalue weighted by molar-refractivity contribution is 5.91. The van der Waals surface area contributed by atoms with Gasteiger partial charge in [0.2, 0.25) is 5.91 Å². The molecular formula is C20H21N3O4. The molecule has 4 rings (SSSR count). The predicted octanol–water partition coefficient (Wildman–Crippen LogP) is 2.95. The molecule has 2 aromatic heterocycles. The van der Waals surface area contributed by atoms with Gasteiger partial charge in [0.25, 0.3) is 5.91 Å². The molecule has 1 aliphatic rings. The number of rotatable bonds is 5. The summed E-state index contributed by atoms with van der Waals surface area (Å²) in [6, 6.07) is 10.9. The number of carbonyl (C=O) groups excluding carboxylic acids is 2. The van der Waals surface area contributed by atoms with Crippen LogP contribution in [-0.2, 0) is 4.79 Å². The highest BCUT2D eigenvalue weighted by Gasteiger charge is 2.28. The quantitative estimate of drug-likeness (QED) is 0.749. The average molecular weight is 367 g/mol. The number of carbonyl (C=O) groups is 2. The zero-order chi connectivity index (χ0) is 18.6. The molecule has 3 aromatic rings. The molecule has 140 valence electrons. The summed E-state index contributed by atoms with van der Waals surface area (Å²) in [7, 11) is 0. The van der Waals surface area contributed by atoms with Gasteiger partial charge in [0.1, 0.15) is 5.52 Å². The Morgan fingerprint density at radius 2 is 2.11 bits per heavy atom. The highest BCUT2D eigenvalue weighted by Crippen LogP contribution is 2.29. The smallest absolute Gasteiger partial charge is 0.286 e. The molecule has 1 saturated heterocycles. The molecule has 1 aliphatic heterocycles. The molecule has 1 aromatic carbocycles. The molecule has 0 aliphatic carbocycles. The van der Waals surface area contributed by atoms with Gasteiger partial charge in [0.15, 0.2) is 17.2 Å². The number of aromatic nitrogens is 1. The van der Waals surface area contributed by atoms with Gasteiger partial charge in [-0.25, -0.2) is 4.98 Å². The summed E-state index contributed by atoms with van der Waals surface area (Å²) < 4.78 is 10.9. The maximum Gasteiger partial charge on any atom is 0.286 e. The van der Waals surface area contributed by atoms with Gasteiger partial charge in [-0.2, -0.15) is 0 Å². The molecule has 0 bridgehead atoms. The van der Waals surface area contributed by atoms with Crippen molar-refractivity contribution in [3.8, 4) is 0 Å². The van der Waals surface area contributed by atoms with E-state index in [1.54, 1.807) is 12.1 Å². The van der Waals surface area contributed by atoms with Crippen molar-refractivity contribution in [2.24, 2.45) is 0 Å². The Kier molecular flexibility index (Phi) is 4.91. The summed E-state index contributed by atoms with van der Waals surface area (Å²) in [5, 5.41) is 2.70. The van der Waals surface area contributed by atoms with Crippen molar-refractivity contribution in [1.29, 1.82) is 0 Å². The van der Waals surface area contributed by atoms with E-state index in [1.807, 2.05) is 29.2 Å². The average Bonchev–Trinajstić information content (AvgIpc) is 3.37. The number of likely N-dealkylation sites (tertiary alicyclic amines) is 1. The lowest BCUT2D eigenvalue weighted by Gasteiger charge is -2.31. The number of para-hydroxylation sites is 2. The van der Waals surface area contributed by atoms with Crippen LogP contribution in [0, 0.1) is 0 Å². The largest absolute Gasteiger partial charge is 0.459 e. The number of amides is 2. The van der Waals surface area contributed by atoms with Crippen LogP contribution in [0.2, 0.25) is 0 Å². The molecule has 3 heterocycles. The molecule has 1 unspecified atom stereocenters. The number of piperidine rings is 1. The number of hydrogen-bond donors (Lipinski definition) is 1. The topological polar surface area (TPSA) is 88.6 Å². The van der Waals surface area contributed by atoms with Gasteiger partial charge in [-0.3, -0.25) is 9.59 Å². The van der Waals surface area contributed by atoms with E-state index in [4.69, 9.17) is 8.83 Å². The fraction of sp³-hybridized carbons (Fsp3) is 0.350. The number of hydrogen-bond acceptors (Lipinski definition) is 5. The van der Waals surface area contributed by atoms with Crippen molar-refractivity contribution in [3.63, 3.8) is 0 Å². The Balaban J connectivity index is 1.32. The number of furan rings is 1. The van der Waals surface area contributed by atoms with Crippen LogP contribution >= 0.6 is 0 Å². The van der Waals surface area contributed by atoms with E-state index in [0.717, 1.165) is 30.5 Å². The van der Waals surface area contributed by atoms with E-state index in [-0.39, 0.29) is 36.5 Å². The van der Waals surface area contributed by atoms with Crippen molar-refractivity contribution >= 4 is 22.9 Å². The van der Waals surface area contributed by atoms with E-state index >= 15 is 0 Å². The van der Waals surface area contributed by atoms with Crippen molar-refractivity contribution < 1.29 is 18.4 Å². The van der Waals surface area contributed by atoms with Crippen molar-refractivity contribution in [2.45, 2.75) is 25.2 Å². The van der Waals surface area contributed by atoms with Crippen LogP contribution in [0.4, 0.5) is 0 Å². The van der Waals surface area contributed by atoms with E-state index < -0.39 is 0 Å². The monoisotopic (exact) mass is 367 g/mol. The van der Waals surface area contributed by atoms with Gasteiger partial charge in [0, 0.05) is 26.1 Å². The lowest BCUT2D eigenvalue weighted by Crippen LogP contribution is -2.40. The molecule has 27 heavy (non-hydrogen) atoms. The van der Waals surface area contributed by atoms with Gasteiger partial charge >= 0.3 is 0 Å². The summed E-state index contributed by atoms with van der Waals surface area (Å²) in [5.41, 5.74) is 1.62. The van der Waals surface area contributed by atoms with Gasteiger partial charge in [0.05, 0.1) is 12.2 Å². The molecule has 0 saturated carbocycles. The van der Waals surface area contributed by atoms with Crippen LogP contribution in [0.5, 0.6) is 0 Å². The molecule has 1 N–H and O–H groups in total. The van der Waals surface area contributed by atoms with Crippen LogP contribution in [-0.4, -0.2) is 41.3 Å². The minimum atomic E-state index is -0.309. The third-order valence-corrected chi connectivity index (χ3v) is 4.80. The second-order valence-electron chi connectivity index (χ2n) is 6.68. The van der Waals surface area contributed by atoms with Crippen molar-refractivity contribution in [1.82, 2.24) is 15.2 Å². The van der Waals surface area contributed by atoms with Crippen LogP contribution in [0.1, 0.15) is 41.6 Å². The third-order valence-electron chi connectivity index (χ3n) is 4.80. The number of oxazole rings is 1. The first-order valence-corrected chi connectivity index (χ1v) is 9.15. The number of benzene rings is 1. The third kappa shape index (κ3) is 3.86. The standard InChI is InChI=1S/C20H21N3O4/c24-18(9-10-21-19(25)17-8-4-12-26-17)23-11-3-5-14(13-23)20-22-15-6-1-2-7-16(15)27-20/h1-2,4,6-8,12,14H,3,5,9-11,13H2,(H,21,25). The van der Waals surface area contributed by atoms with E-state index in [2.05, 4.69) is 10.3 Å². The van der Waals surface area contributed by atoms with Crippen LogP contribution in [0.15, 0.2) is 51.5 Å². The molecule has 1 fully saturated rings. The van der Waals surface area contributed by atoms with Gasteiger partial charge in [-0.15, -0.1) is 0 Å². The number of fused-ring (bicyclic) bond motifs is 1. The normalized spacial score (nSPS) is 17.2. The first kappa shape index (κ1) is 17.3. The van der Waals surface area contributed by atoms with E-state index in [0.29, 0.717) is 12.4 Å². The lowest BCUT2D eigenvalue weighted by molar-refractivity contribution is -0.132. The Labute approximate surface area is 156 Å². The summed E-state index contributed by atoms with van der Waals surface area (Å²) in [6.07, 6.45) is 3.56. The summed E-state index contributed by atoms with van der Waals surface area (Å²) >= 11 is 0. The SMILES string of the molecule is O=C(NCCC(=O)N1CCCC(c2nc3ccccc3o2)C1)c1ccco1. The predicted molar refractivity (Wildman–Crippen MR) is 98.2 cm³/mol. The van der Waals surface area contributed by atoms with Crippen molar-refractivity contribution in [3.05, 3.63) is 54.3 Å². The Morgan fingerprint density at radius 1 is 1.22 bits per heavy atom. The van der Waals surface area contributed by atoms with E-state index in [9.17, 15) is 9.59 Å². The summed E-state index contributed by atoms with van der Waals surface area (Å²) in [6.45, 7) is 1.60. The molecule has 0 radical (unpaired) electrons. The highest BCUT2D eigenvalue weighted by atomic mass is 16.3. The maximum absolute atomic E-state index is 12.5. The van der Waals surface area contributed by atoms with Crippen LogP contribution in [0.25, 0.3) is 11.1 Å². The molecule has 1 atom stereocenters. The second-order valence-corrected chi connectivity index (χ2v) is 6.68. The zero-order valence-electron chi connectivity index (χ0n) is 14.9. The van der Waals surface area contributed by atoms with E-state index in [1.165, 1.54) is 6.26 Å². The first-order valence-electron chi connectivity index (χ1n) is 9.15. The fourth-order valence-corrected chi connectivity index (χ4v) is 3.41. The number of nitrogens with one attached hydrogen (secondary N) is 1. The minimum Gasteiger partial charge on any atom is -0.459 e. The maximum atomic E-state index is 12.5. The Morgan fingerprint density at radius 3 is 2.93 bits per heavy atom. The molecule has 0 spiro atoms. The Bertz CT molecular complexity index is 899. The fourth-order valence-electron chi connectivity index (χ4n) is 3.41. The second kappa shape index (κ2) is 7.65. The summed E-state index contributed by atoms with van der Waals surface area (Å²) in [5.74, 6) is 0.760. The molecular weight excluding hydrogens is 346 g/mol. The van der Waals surface area contributed by atoms with Gasteiger partial charge in [-0.05, 0) is 37.1 Å². The molecule has 7 heteroatoms.